The molecule has 0 saturated carbocycles. The fourth-order valence-electron chi connectivity index (χ4n) is 3.35. The number of azo groups is 1. The molecule has 25 heavy (non-hydrogen) atoms. The molecule has 1 N–H and O–H groups in total. The molecule has 132 valence electrons. The number of thiophene rings is 1. The third kappa shape index (κ3) is 3.13. The molecule has 0 bridgehead atoms. The number of amides is 1. The smallest absolute Gasteiger partial charge is 0.241 e. The quantitative estimate of drug-likeness (QED) is 0.899. The maximum atomic E-state index is 12.4. The van der Waals surface area contributed by atoms with Crippen LogP contribution in [0.1, 0.15) is 30.3 Å². The van der Waals surface area contributed by atoms with Crippen molar-refractivity contribution in [2.24, 2.45) is 10.2 Å². The van der Waals surface area contributed by atoms with Crippen LogP contribution in [0.25, 0.3) is 0 Å². The second-order valence-electron chi connectivity index (χ2n) is 6.34. The van der Waals surface area contributed by atoms with Crippen molar-refractivity contribution in [1.82, 2.24) is 20.2 Å². The molecule has 1 amide bonds. The predicted molar refractivity (Wildman–Crippen MR) is 96.1 cm³/mol. The van der Waals surface area contributed by atoms with Gasteiger partial charge >= 0.3 is 0 Å². The molecular weight excluding hydrogens is 336 g/mol. The van der Waals surface area contributed by atoms with Crippen molar-refractivity contribution in [3.05, 3.63) is 46.2 Å². The Kier molecular flexibility index (Phi) is 4.44. The van der Waals surface area contributed by atoms with Crippen LogP contribution < -0.4 is 5.32 Å². The molecular formula is C17H22N6OS. The highest BCUT2D eigenvalue weighted by molar-refractivity contribution is 7.10. The molecule has 0 spiro atoms. The van der Waals surface area contributed by atoms with E-state index >= 15 is 0 Å². The van der Waals surface area contributed by atoms with Gasteiger partial charge in [-0.15, -0.1) is 16.5 Å². The zero-order chi connectivity index (χ0) is 17.2. The van der Waals surface area contributed by atoms with Crippen LogP contribution in [0, 0.1) is 0 Å². The fraction of sp³-hybridized carbons (Fsp3) is 0.471. The molecule has 3 aliphatic heterocycles. The summed E-state index contributed by atoms with van der Waals surface area (Å²) in [6.45, 7) is 2.07. The van der Waals surface area contributed by atoms with Gasteiger partial charge in [-0.05, 0) is 42.9 Å². The molecule has 7 nitrogen and oxygen atoms in total. The number of hydrazine groups is 1. The number of piperidine rings is 1. The van der Waals surface area contributed by atoms with Gasteiger partial charge < -0.3 is 10.2 Å². The summed E-state index contributed by atoms with van der Waals surface area (Å²) in [6, 6.07) is 4.09. The Morgan fingerprint density at radius 3 is 2.92 bits per heavy atom. The van der Waals surface area contributed by atoms with Gasteiger partial charge in [-0.1, -0.05) is 6.07 Å². The lowest BCUT2D eigenvalue weighted by molar-refractivity contribution is -0.131. The predicted octanol–water partition coefficient (Wildman–Crippen LogP) is 2.66. The molecule has 4 rings (SSSR count). The number of rotatable bonds is 4. The lowest BCUT2D eigenvalue weighted by Gasteiger charge is -2.38. The van der Waals surface area contributed by atoms with Gasteiger partial charge in [0, 0.05) is 20.1 Å². The number of likely N-dealkylation sites (tertiary alicyclic amines) is 1. The van der Waals surface area contributed by atoms with Crippen LogP contribution in [0.5, 0.6) is 0 Å². The second kappa shape index (κ2) is 6.87. The van der Waals surface area contributed by atoms with Crippen LogP contribution in [0.2, 0.25) is 0 Å². The van der Waals surface area contributed by atoms with E-state index < -0.39 is 0 Å². The van der Waals surface area contributed by atoms with E-state index in [1.165, 1.54) is 6.42 Å². The minimum absolute atomic E-state index is 0.139. The number of nitrogens with zero attached hydrogens (tertiary/aromatic N) is 5. The van der Waals surface area contributed by atoms with Crippen molar-refractivity contribution in [3.8, 4) is 0 Å². The molecule has 4 heterocycles. The molecule has 1 aromatic rings. The summed E-state index contributed by atoms with van der Waals surface area (Å²) >= 11 is 1.67. The van der Waals surface area contributed by atoms with Gasteiger partial charge in [-0.3, -0.25) is 9.80 Å². The summed E-state index contributed by atoms with van der Waals surface area (Å²) in [4.78, 5) is 15.5. The Hall–Kier alpha value is -2.35. The first kappa shape index (κ1) is 16.1. The summed E-state index contributed by atoms with van der Waals surface area (Å²) in [6.07, 6.45) is 7.19. The van der Waals surface area contributed by atoms with Gasteiger partial charge in [0.05, 0.1) is 11.4 Å². The lowest BCUT2D eigenvalue weighted by atomic mass is 10.1. The highest BCUT2D eigenvalue weighted by Gasteiger charge is 2.34. The Morgan fingerprint density at radius 2 is 2.16 bits per heavy atom. The molecule has 0 aromatic carbocycles. The van der Waals surface area contributed by atoms with E-state index in [-0.39, 0.29) is 12.1 Å². The van der Waals surface area contributed by atoms with Crippen LogP contribution in [-0.4, -0.2) is 47.5 Å². The van der Waals surface area contributed by atoms with E-state index in [1.54, 1.807) is 11.3 Å². The molecule has 8 heteroatoms. The summed E-state index contributed by atoms with van der Waals surface area (Å²) in [5.74, 6) is 1.85. The third-order valence-electron chi connectivity index (χ3n) is 4.73. The van der Waals surface area contributed by atoms with Gasteiger partial charge in [-0.2, -0.15) is 5.11 Å². The molecule has 1 atom stereocenters. The van der Waals surface area contributed by atoms with E-state index in [2.05, 4.69) is 21.6 Å². The van der Waals surface area contributed by atoms with Crippen LogP contribution in [-0.2, 0) is 4.79 Å². The fourth-order valence-corrected chi connectivity index (χ4v) is 4.09. The van der Waals surface area contributed by atoms with Crippen molar-refractivity contribution in [3.63, 3.8) is 0 Å². The number of fused-ring (bicyclic) bond motifs is 1. The van der Waals surface area contributed by atoms with Gasteiger partial charge in [0.15, 0.2) is 12.0 Å². The van der Waals surface area contributed by atoms with Crippen LogP contribution in [0.4, 0.5) is 0 Å². The first-order valence-corrected chi connectivity index (χ1v) is 9.53. The maximum absolute atomic E-state index is 12.4. The van der Waals surface area contributed by atoms with Crippen molar-refractivity contribution in [1.29, 1.82) is 0 Å². The van der Waals surface area contributed by atoms with Crippen molar-refractivity contribution < 1.29 is 4.79 Å². The van der Waals surface area contributed by atoms with E-state index in [0.29, 0.717) is 6.54 Å². The highest BCUT2D eigenvalue weighted by Crippen LogP contribution is 2.38. The van der Waals surface area contributed by atoms with Crippen LogP contribution in [0.3, 0.4) is 0 Å². The normalized spacial score (nSPS) is 22.6. The minimum Gasteiger partial charge on any atom is -0.361 e. The Labute approximate surface area is 151 Å². The number of carbonyl (C=O) groups is 1. The van der Waals surface area contributed by atoms with Crippen LogP contribution in [0.15, 0.2) is 51.5 Å². The number of hydrogen-bond acceptors (Lipinski definition) is 7. The Bertz CT molecular complexity index is 720. The van der Waals surface area contributed by atoms with E-state index in [9.17, 15) is 4.79 Å². The van der Waals surface area contributed by atoms with Crippen LogP contribution >= 0.6 is 11.3 Å². The molecule has 0 radical (unpaired) electrons. The molecule has 1 fully saturated rings. The Morgan fingerprint density at radius 1 is 1.32 bits per heavy atom. The number of allylic oxidation sites excluding steroid dienone is 2. The van der Waals surface area contributed by atoms with Gasteiger partial charge in [0.2, 0.25) is 5.91 Å². The number of nitrogens with one attached hydrogen (secondary N) is 1. The molecule has 1 unspecified atom stereocenters. The van der Waals surface area contributed by atoms with Crippen molar-refractivity contribution in [2.45, 2.75) is 25.4 Å². The molecule has 0 aliphatic carbocycles. The summed E-state index contributed by atoms with van der Waals surface area (Å²) < 4.78 is 0. The SMILES string of the molecule is CN1C(NCC(=O)N2CCCCC2)=CC=C2N=NC(c3cccs3)N21. The first-order chi connectivity index (χ1) is 12.2. The average Bonchev–Trinajstić information content (AvgIpc) is 3.31. The summed E-state index contributed by atoms with van der Waals surface area (Å²) in [5, 5.41) is 18.0. The minimum atomic E-state index is -0.139. The number of hydrogen-bond donors (Lipinski definition) is 1. The average molecular weight is 358 g/mol. The third-order valence-corrected chi connectivity index (χ3v) is 5.64. The van der Waals surface area contributed by atoms with E-state index in [0.717, 1.165) is 42.5 Å². The zero-order valence-electron chi connectivity index (χ0n) is 14.3. The van der Waals surface area contributed by atoms with E-state index in [1.807, 2.05) is 45.6 Å². The van der Waals surface area contributed by atoms with E-state index in [4.69, 9.17) is 0 Å². The first-order valence-electron chi connectivity index (χ1n) is 8.65. The molecule has 1 saturated heterocycles. The zero-order valence-corrected chi connectivity index (χ0v) is 15.1. The molecule has 3 aliphatic rings. The molecule has 1 aromatic heterocycles. The van der Waals surface area contributed by atoms with Crippen molar-refractivity contribution >= 4 is 17.2 Å². The van der Waals surface area contributed by atoms with Gasteiger partial charge in [0.25, 0.3) is 0 Å². The lowest BCUT2D eigenvalue weighted by Crippen LogP contribution is -2.46. The second-order valence-corrected chi connectivity index (χ2v) is 7.32. The standard InChI is InChI=1S/C17H22N6OS/c1-21-14(18-12-16(24)22-9-3-2-4-10-22)7-8-15-19-20-17(23(15)21)13-6-5-11-25-13/h5-8,11,17-18H,2-4,9-10,12H2,1H3. The van der Waals surface area contributed by atoms with Gasteiger partial charge in [-0.25, -0.2) is 5.01 Å². The van der Waals surface area contributed by atoms with Gasteiger partial charge in [0.1, 0.15) is 5.82 Å². The summed E-state index contributed by atoms with van der Waals surface area (Å²) in [5.41, 5.74) is 0. The van der Waals surface area contributed by atoms with Crippen molar-refractivity contribution in [2.75, 3.05) is 26.7 Å². The summed E-state index contributed by atoms with van der Waals surface area (Å²) in [7, 11) is 1.97. The Balaban J connectivity index is 1.42. The largest absolute Gasteiger partial charge is 0.361 e. The maximum Gasteiger partial charge on any atom is 0.241 e. The highest BCUT2D eigenvalue weighted by atomic mass is 32.1. The monoisotopic (exact) mass is 358 g/mol. The number of carbonyl (C=O) groups excluding carboxylic acids is 1. The topological polar surface area (TPSA) is 63.5 Å².